The van der Waals surface area contributed by atoms with E-state index >= 15 is 0 Å². The summed E-state index contributed by atoms with van der Waals surface area (Å²) in [6, 6.07) is 13.9. The molecule has 1 heterocycles. The first-order chi connectivity index (χ1) is 9.24. The van der Waals surface area contributed by atoms with Crippen molar-refractivity contribution in [2.75, 3.05) is 5.32 Å². The zero-order valence-corrected chi connectivity index (χ0v) is 10.9. The van der Waals surface area contributed by atoms with E-state index in [1.165, 1.54) is 0 Å². The Bertz CT molecular complexity index is 737. The number of hydrogen-bond acceptors (Lipinski definition) is 4. The minimum Gasteiger partial charge on any atom is -0.323 e. The summed E-state index contributed by atoms with van der Waals surface area (Å²) >= 11 is 0. The van der Waals surface area contributed by atoms with Crippen molar-refractivity contribution in [2.24, 2.45) is 0 Å². The molecule has 0 unspecified atom stereocenters. The molecule has 0 saturated carbocycles. The molecule has 3 aromatic rings. The van der Waals surface area contributed by atoms with E-state index in [9.17, 15) is 0 Å². The van der Waals surface area contributed by atoms with Crippen LogP contribution >= 0.6 is 0 Å². The zero-order valence-electron chi connectivity index (χ0n) is 10.9. The molecule has 0 atom stereocenters. The van der Waals surface area contributed by atoms with Crippen LogP contribution in [0.2, 0.25) is 0 Å². The molecular weight excluding hydrogens is 236 g/mol. The average Bonchev–Trinajstić information content (AvgIpc) is 2.42. The van der Waals surface area contributed by atoms with Gasteiger partial charge in [0.15, 0.2) is 0 Å². The molecule has 1 N–H and O–H groups in total. The monoisotopic (exact) mass is 250 g/mol. The maximum atomic E-state index is 4.53. The van der Waals surface area contributed by atoms with Crippen molar-refractivity contribution in [2.45, 2.75) is 13.8 Å². The van der Waals surface area contributed by atoms with Gasteiger partial charge in [-0.3, -0.25) is 0 Å². The normalized spacial score (nSPS) is 10.6. The Morgan fingerprint density at radius 2 is 1.63 bits per heavy atom. The molecule has 1 aromatic heterocycles. The molecular formula is C15H14N4. The molecule has 0 spiro atoms. The fourth-order valence-electron chi connectivity index (χ4n) is 1.99. The maximum Gasteiger partial charge on any atom is 0.247 e. The van der Waals surface area contributed by atoms with Gasteiger partial charge in [0, 0.05) is 5.69 Å². The lowest BCUT2D eigenvalue weighted by molar-refractivity contribution is 1.03. The third-order valence-electron chi connectivity index (χ3n) is 3.08. The van der Waals surface area contributed by atoms with Gasteiger partial charge in [0.1, 0.15) is 5.52 Å². The van der Waals surface area contributed by atoms with Crippen molar-refractivity contribution in [3.05, 3.63) is 53.6 Å². The Kier molecular flexibility index (Phi) is 2.83. The molecule has 94 valence electrons. The smallest absolute Gasteiger partial charge is 0.247 e. The molecule has 4 nitrogen and oxygen atoms in total. The molecule has 2 aromatic carbocycles. The topological polar surface area (TPSA) is 50.7 Å². The van der Waals surface area contributed by atoms with Gasteiger partial charge < -0.3 is 5.32 Å². The predicted octanol–water partition coefficient (Wildman–Crippen LogP) is 3.39. The third-order valence-corrected chi connectivity index (χ3v) is 3.08. The van der Waals surface area contributed by atoms with Crippen LogP contribution in [0, 0.1) is 13.8 Å². The van der Waals surface area contributed by atoms with E-state index in [1.54, 1.807) is 0 Å². The SMILES string of the molecule is Cc1ccccc1Nc1nnc2cccc(C)c2n1. The van der Waals surface area contributed by atoms with Crippen molar-refractivity contribution < 1.29 is 0 Å². The van der Waals surface area contributed by atoms with Crippen LogP contribution in [0.25, 0.3) is 11.0 Å². The van der Waals surface area contributed by atoms with Gasteiger partial charge in [-0.1, -0.05) is 30.3 Å². The lowest BCUT2D eigenvalue weighted by atomic mass is 10.2. The third kappa shape index (κ3) is 2.25. The Morgan fingerprint density at radius 1 is 0.842 bits per heavy atom. The van der Waals surface area contributed by atoms with Crippen molar-refractivity contribution in [1.82, 2.24) is 15.2 Å². The number of anilines is 2. The molecule has 0 bridgehead atoms. The fourth-order valence-corrected chi connectivity index (χ4v) is 1.99. The van der Waals surface area contributed by atoms with Gasteiger partial charge in [0.05, 0.1) is 5.52 Å². The van der Waals surface area contributed by atoms with Gasteiger partial charge >= 0.3 is 0 Å². The average molecular weight is 250 g/mol. The molecule has 0 aliphatic rings. The van der Waals surface area contributed by atoms with Crippen molar-refractivity contribution in [3.63, 3.8) is 0 Å². The largest absolute Gasteiger partial charge is 0.323 e. The van der Waals surface area contributed by atoms with Crippen LogP contribution < -0.4 is 5.32 Å². The number of rotatable bonds is 2. The van der Waals surface area contributed by atoms with Crippen LogP contribution in [0.15, 0.2) is 42.5 Å². The second kappa shape index (κ2) is 4.65. The minimum atomic E-state index is 0.524. The molecule has 0 amide bonds. The highest BCUT2D eigenvalue weighted by atomic mass is 15.2. The Hall–Kier alpha value is -2.49. The van der Waals surface area contributed by atoms with E-state index in [0.717, 1.165) is 27.8 Å². The highest BCUT2D eigenvalue weighted by molar-refractivity contribution is 5.78. The molecule has 3 rings (SSSR count). The molecule has 0 radical (unpaired) electrons. The maximum absolute atomic E-state index is 4.53. The second-order valence-corrected chi connectivity index (χ2v) is 4.52. The number of aryl methyl sites for hydroxylation is 2. The summed E-state index contributed by atoms with van der Waals surface area (Å²) in [6.45, 7) is 4.07. The zero-order chi connectivity index (χ0) is 13.2. The van der Waals surface area contributed by atoms with Crippen LogP contribution in [0.1, 0.15) is 11.1 Å². The highest BCUT2D eigenvalue weighted by Gasteiger charge is 2.05. The molecule has 0 aliphatic carbocycles. The fraction of sp³-hybridized carbons (Fsp3) is 0.133. The van der Waals surface area contributed by atoms with Crippen LogP contribution in [-0.4, -0.2) is 15.2 Å². The van der Waals surface area contributed by atoms with Gasteiger partial charge in [-0.25, -0.2) is 4.98 Å². The summed E-state index contributed by atoms with van der Waals surface area (Å²) in [4.78, 5) is 4.53. The van der Waals surface area contributed by atoms with Crippen LogP contribution in [0.3, 0.4) is 0 Å². The highest BCUT2D eigenvalue weighted by Crippen LogP contribution is 2.19. The minimum absolute atomic E-state index is 0.524. The van der Waals surface area contributed by atoms with E-state index in [1.807, 2.05) is 56.3 Å². The van der Waals surface area contributed by atoms with Gasteiger partial charge in [-0.05, 0) is 37.1 Å². The van der Waals surface area contributed by atoms with Gasteiger partial charge in [0.25, 0.3) is 0 Å². The van der Waals surface area contributed by atoms with Crippen LogP contribution in [0.5, 0.6) is 0 Å². The summed E-state index contributed by atoms with van der Waals surface area (Å²) < 4.78 is 0. The summed E-state index contributed by atoms with van der Waals surface area (Å²) in [5.74, 6) is 0.524. The Balaban J connectivity index is 2.02. The van der Waals surface area contributed by atoms with Gasteiger partial charge in [-0.15, -0.1) is 10.2 Å². The quantitative estimate of drug-likeness (QED) is 0.757. The van der Waals surface area contributed by atoms with E-state index in [2.05, 4.69) is 20.5 Å². The van der Waals surface area contributed by atoms with Crippen molar-refractivity contribution >= 4 is 22.7 Å². The number of nitrogens with one attached hydrogen (secondary N) is 1. The van der Waals surface area contributed by atoms with Crippen LogP contribution in [0.4, 0.5) is 11.6 Å². The number of para-hydroxylation sites is 2. The number of aromatic nitrogens is 3. The van der Waals surface area contributed by atoms with Crippen molar-refractivity contribution in [3.8, 4) is 0 Å². The van der Waals surface area contributed by atoms with E-state index in [4.69, 9.17) is 0 Å². The van der Waals surface area contributed by atoms with Gasteiger partial charge in [0.2, 0.25) is 5.95 Å². The lowest BCUT2D eigenvalue weighted by Gasteiger charge is -2.08. The Labute approximate surface area is 111 Å². The van der Waals surface area contributed by atoms with Gasteiger partial charge in [-0.2, -0.15) is 0 Å². The summed E-state index contributed by atoms with van der Waals surface area (Å²) in [6.07, 6.45) is 0. The number of fused-ring (bicyclic) bond motifs is 1. The number of nitrogens with zero attached hydrogens (tertiary/aromatic N) is 3. The molecule has 0 saturated heterocycles. The van der Waals surface area contributed by atoms with Crippen molar-refractivity contribution in [1.29, 1.82) is 0 Å². The second-order valence-electron chi connectivity index (χ2n) is 4.52. The molecule has 4 heteroatoms. The summed E-state index contributed by atoms with van der Waals surface area (Å²) in [5.41, 5.74) is 4.94. The molecule has 19 heavy (non-hydrogen) atoms. The van der Waals surface area contributed by atoms with E-state index in [-0.39, 0.29) is 0 Å². The first-order valence-corrected chi connectivity index (χ1v) is 6.17. The standard InChI is InChI=1S/C15H14N4/c1-10-6-3-4-8-12(10)16-15-17-14-11(2)7-5-9-13(14)18-19-15/h3-9H,1-2H3,(H,16,17,19). The Morgan fingerprint density at radius 3 is 2.47 bits per heavy atom. The van der Waals surface area contributed by atoms with Crippen LogP contribution in [-0.2, 0) is 0 Å². The predicted molar refractivity (Wildman–Crippen MR) is 76.5 cm³/mol. The van der Waals surface area contributed by atoms with E-state index in [0.29, 0.717) is 5.95 Å². The summed E-state index contributed by atoms with van der Waals surface area (Å²) in [5, 5.41) is 11.5. The lowest BCUT2D eigenvalue weighted by Crippen LogP contribution is -2.01. The summed E-state index contributed by atoms with van der Waals surface area (Å²) in [7, 11) is 0. The van der Waals surface area contributed by atoms with E-state index < -0.39 is 0 Å². The molecule has 0 fully saturated rings. The first kappa shape index (κ1) is 11.6. The number of benzene rings is 2. The molecule has 0 aliphatic heterocycles. The number of hydrogen-bond donors (Lipinski definition) is 1. The first-order valence-electron chi connectivity index (χ1n) is 6.17.